The van der Waals surface area contributed by atoms with E-state index in [9.17, 15) is 9.59 Å². The first kappa shape index (κ1) is 15.2. The number of hydrogen-bond acceptors (Lipinski definition) is 4. The van der Waals surface area contributed by atoms with Crippen LogP contribution in [0.4, 0.5) is 5.82 Å². The molecule has 0 spiro atoms. The molecule has 19 heavy (non-hydrogen) atoms. The van der Waals surface area contributed by atoms with Crippen molar-refractivity contribution >= 4 is 11.7 Å². The minimum Gasteiger partial charge on any atom is -0.365 e. The summed E-state index contributed by atoms with van der Waals surface area (Å²) in [5, 5.41) is 5.69. The summed E-state index contributed by atoms with van der Waals surface area (Å²) in [6, 6.07) is 0.0869. The maximum atomic E-state index is 12.0. The van der Waals surface area contributed by atoms with Crippen molar-refractivity contribution in [3.8, 4) is 0 Å². The molecule has 2 N–H and O–H groups in total. The molecule has 1 aromatic heterocycles. The van der Waals surface area contributed by atoms with Gasteiger partial charge in [-0.15, -0.1) is 0 Å². The minimum absolute atomic E-state index is 0.0190. The molecule has 0 atom stereocenters. The Labute approximate surface area is 113 Å². The lowest BCUT2D eigenvalue weighted by atomic mass is 10.3. The number of anilines is 1. The Balaban J connectivity index is 2.52. The van der Waals surface area contributed by atoms with Gasteiger partial charge in [0.05, 0.1) is 0 Å². The largest absolute Gasteiger partial charge is 0.365 e. The molecular weight excluding hydrogens is 244 g/mol. The van der Waals surface area contributed by atoms with Gasteiger partial charge in [-0.1, -0.05) is 6.92 Å². The SMILES string of the molecule is CCCNC(=O)CCNc1nccn(C(C)C)c1=O. The minimum atomic E-state index is -0.161. The summed E-state index contributed by atoms with van der Waals surface area (Å²) >= 11 is 0. The molecule has 0 bridgehead atoms. The fraction of sp³-hybridized carbons (Fsp3) is 0.615. The second-order valence-corrected chi connectivity index (χ2v) is 4.61. The number of carbonyl (C=O) groups excluding carboxylic acids is 1. The van der Waals surface area contributed by atoms with Gasteiger partial charge in [-0.3, -0.25) is 9.59 Å². The van der Waals surface area contributed by atoms with Crippen LogP contribution in [0.3, 0.4) is 0 Å². The lowest BCUT2D eigenvalue weighted by Gasteiger charge is -2.11. The summed E-state index contributed by atoms with van der Waals surface area (Å²) in [6.07, 6.45) is 4.49. The molecule has 0 fully saturated rings. The van der Waals surface area contributed by atoms with E-state index in [0.29, 0.717) is 25.3 Å². The third-order valence-corrected chi connectivity index (χ3v) is 2.64. The Morgan fingerprint density at radius 3 is 2.79 bits per heavy atom. The van der Waals surface area contributed by atoms with Crippen LogP contribution in [0.15, 0.2) is 17.2 Å². The number of aromatic nitrogens is 2. The van der Waals surface area contributed by atoms with Crippen LogP contribution in [0.1, 0.15) is 39.7 Å². The normalized spacial score (nSPS) is 10.5. The van der Waals surface area contributed by atoms with Gasteiger partial charge in [-0.25, -0.2) is 4.98 Å². The van der Waals surface area contributed by atoms with Crippen molar-refractivity contribution in [2.24, 2.45) is 0 Å². The zero-order valence-corrected chi connectivity index (χ0v) is 11.8. The molecule has 0 unspecified atom stereocenters. The van der Waals surface area contributed by atoms with Crippen LogP contribution in [0.25, 0.3) is 0 Å². The first-order valence-electron chi connectivity index (χ1n) is 6.64. The Kier molecular flexibility index (Phi) is 6.05. The monoisotopic (exact) mass is 266 g/mol. The average Bonchev–Trinajstić information content (AvgIpc) is 2.38. The number of carbonyl (C=O) groups is 1. The van der Waals surface area contributed by atoms with Crippen molar-refractivity contribution in [2.45, 2.75) is 39.7 Å². The van der Waals surface area contributed by atoms with Gasteiger partial charge in [0.1, 0.15) is 0 Å². The van der Waals surface area contributed by atoms with Crippen LogP contribution in [0, 0.1) is 0 Å². The molecule has 0 radical (unpaired) electrons. The standard InChI is InChI=1S/C13H22N4O2/c1-4-6-14-11(18)5-7-15-12-13(19)17(10(2)3)9-8-16-12/h8-10H,4-7H2,1-3H3,(H,14,18)(H,15,16). The van der Waals surface area contributed by atoms with Crippen molar-refractivity contribution in [1.29, 1.82) is 0 Å². The maximum Gasteiger partial charge on any atom is 0.293 e. The zero-order valence-electron chi connectivity index (χ0n) is 11.8. The van der Waals surface area contributed by atoms with Crippen molar-refractivity contribution < 1.29 is 4.79 Å². The van der Waals surface area contributed by atoms with Crippen molar-refractivity contribution in [3.05, 3.63) is 22.7 Å². The highest BCUT2D eigenvalue weighted by molar-refractivity contribution is 5.76. The van der Waals surface area contributed by atoms with Gasteiger partial charge in [0.25, 0.3) is 5.56 Å². The molecule has 0 aliphatic rings. The Bertz CT molecular complexity index is 468. The van der Waals surface area contributed by atoms with E-state index in [2.05, 4.69) is 15.6 Å². The predicted molar refractivity (Wildman–Crippen MR) is 75.3 cm³/mol. The van der Waals surface area contributed by atoms with Gasteiger partial charge < -0.3 is 15.2 Å². The van der Waals surface area contributed by atoms with Gasteiger partial charge in [0.2, 0.25) is 5.91 Å². The van der Waals surface area contributed by atoms with Gasteiger partial charge in [0.15, 0.2) is 5.82 Å². The summed E-state index contributed by atoms with van der Waals surface area (Å²) in [6.45, 7) is 6.95. The quantitative estimate of drug-likeness (QED) is 0.776. The first-order valence-corrected chi connectivity index (χ1v) is 6.64. The number of nitrogens with zero attached hydrogens (tertiary/aromatic N) is 2. The molecule has 106 valence electrons. The number of rotatable bonds is 7. The predicted octanol–water partition coefficient (Wildman–Crippen LogP) is 1.15. The van der Waals surface area contributed by atoms with E-state index in [0.717, 1.165) is 6.42 Å². The second-order valence-electron chi connectivity index (χ2n) is 4.61. The van der Waals surface area contributed by atoms with E-state index in [-0.39, 0.29) is 17.5 Å². The highest BCUT2D eigenvalue weighted by Gasteiger charge is 2.07. The van der Waals surface area contributed by atoms with Crippen LogP contribution in [-0.2, 0) is 4.79 Å². The third-order valence-electron chi connectivity index (χ3n) is 2.64. The highest BCUT2D eigenvalue weighted by atomic mass is 16.1. The molecule has 0 saturated carbocycles. The average molecular weight is 266 g/mol. The molecule has 1 amide bonds. The van der Waals surface area contributed by atoms with Crippen molar-refractivity contribution in [2.75, 3.05) is 18.4 Å². The molecule has 1 rings (SSSR count). The van der Waals surface area contributed by atoms with Gasteiger partial charge >= 0.3 is 0 Å². The Hall–Kier alpha value is -1.85. The number of hydrogen-bond donors (Lipinski definition) is 2. The van der Waals surface area contributed by atoms with E-state index in [1.807, 2.05) is 20.8 Å². The summed E-state index contributed by atoms with van der Waals surface area (Å²) < 4.78 is 1.60. The van der Waals surface area contributed by atoms with Crippen LogP contribution >= 0.6 is 0 Å². The van der Waals surface area contributed by atoms with Gasteiger partial charge in [-0.2, -0.15) is 0 Å². The number of amides is 1. The number of nitrogens with one attached hydrogen (secondary N) is 2. The van der Waals surface area contributed by atoms with Gasteiger partial charge in [-0.05, 0) is 20.3 Å². The van der Waals surface area contributed by atoms with Crippen molar-refractivity contribution in [1.82, 2.24) is 14.9 Å². The summed E-state index contributed by atoms with van der Waals surface area (Å²) in [5.41, 5.74) is -0.161. The molecule has 0 saturated heterocycles. The van der Waals surface area contributed by atoms with Crippen LogP contribution in [0.5, 0.6) is 0 Å². The molecule has 6 nitrogen and oxygen atoms in total. The van der Waals surface area contributed by atoms with E-state index < -0.39 is 0 Å². The summed E-state index contributed by atoms with van der Waals surface area (Å²) in [7, 11) is 0. The highest BCUT2D eigenvalue weighted by Crippen LogP contribution is 2.01. The third kappa shape index (κ3) is 4.73. The lowest BCUT2D eigenvalue weighted by molar-refractivity contribution is -0.120. The fourth-order valence-electron chi connectivity index (χ4n) is 1.60. The van der Waals surface area contributed by atoms with E-state index in [1.54, 1.807) is 17.0 Å². The molecule has 1 heterocycles. The molecule has 0 aliphatic carbocycles. The molecular formula is C13H22N4O2. The molecule has 1 aromatic rings. The van der Waals surface area contributed by atoms with E-state index >= 15 is 0 Å². The van der Waals surface area contributed by atoms with Crippen molar-refractivity contribution in [3.63, 3.8) is 0 Å². The lowest BCUT2D eigenvalue weighted by Crippen LogP contribution is -2.29. The molecule has 0 aliphatic heterocycles. The van der Waals surface area contributed by atoms with Crippen LogP contribution in [0.2, 0.25) is 0 Å². The Morgan fingerprint density at radius 2 is 2.16 bits per heavy atom. The van der Waals surface area contributed by atoms with E-state index in [1.165, 1.54) is 0 Å². The Morgan fingerprint density at radius 1 is 1.42 bits per heavy atom. The smallest absolute Gasteiger partial charge is 0.293 e. The summed E-state index contributed by atoms with van der Waals surface area (Å²) in [5.74, 6) is 0.272. The van der Waals surface area contributed by atoms with Crippen LogP contribution < -0.4 is 16.2 Å². The molecule has 6 heteroatoms. The maximum absolute atomic E-state index is 12.0. The van der Waals surface area contributed by atoms with Gasteiger partial charge in [0, 0.05) is 37.9 Å². The second kappa shape index (κ2) is 7.56. The molecule has 0 aromatic carbocycles. The summed E-state index contributed by atoms with van der Waals surface area (Å²) in [4.78, 5) is 27.4. The van der Waals surface area contributed by atoms with E-state index in [4.69, 9.17) is 0 Å². The van der Waals surface area contributed by atoms with Crippen LogP contribution in [-0.4, -0.2) is 28.5 Å². The fourth-order valence-corrected chi connectivity index (χ4v) is 1.60. The topological polar surface area (TPSA) is 76.0 Å². The zero-order chi connectivity index (χ0) is 14.3. The first-order chi connectivity index (χ1) is 9.06.